The van der Waals surface area contributed by atoms with Gasteiger partial charge >= 0.3 is 0 Å². The smallest absolute Gasteiger partial charge is 0.266 e. The van der Waals surface area contributed by atoms with Crippen LogP contribution in [-0.2, 0) is 4.74 Å². The van der Waals surface area contributed by atoms with Crippen LogP contribution in [0.3, 0.4) is 0 Å². The van der Waals surface area contributed by atoms with Crippen LogP contribution in [-0.4, -0.2) is 37.1 Å². The van der Waals surface area contributed by atoms with Gasteiger partial charge in [-0.3, -0.25) is 4.79 Å². The molecule has 0 aromatic carbocycles. The molecule has 0 fully saturated rings. The summed E-state index contributed by atoms with van der Waals surface area (Å²) < 4.78 is 5.24. The Morgan fingerprint density at radius 2 is 2.31 bits per heavy atom. The van der Waals surface area contributed by atoms with Crippen molar-refractivity contribution in [2.24, 2.45) is 0 Å². The Kier molecular flexibility index (Phi) is 5.28. The normalized spacial score (nSPS) is 10.4. The molecule has 0 aliphatic carbocycles. The van der Waals surface area contributed by atoms with E-state index in [1.807, 2.05) is 19.2 Å². The number of thiophene rings is 1. The van der Waals surface area contributed by atoms with Crippen LogP contribution in [0, 0.1) is 0 Å². The molecule has 2 N–H and O–H groups in total. The maximum Gasteiger partial charge on any atom is 0.266 e. The van der Waals surface area contributed by atoms with Gasteiger partial charge in [0.15, 0.2) is 0 Å². The number of carbonyl (C=O) groups is 1. The summed E-state index contributed by atoms with van der Waals surface area (Å²) in [5.74, 6) is -0.00490. The van der Waals surface area contributed by atoms with Gasteiger partial charge in [0.05, 0.1) is 12.3 Å². The van der Waals surface area contributed by atoms with Crippen molar-refractivity contribution in [1.29, 1.82) is 0 Å². The van der Waals surface area contributed by atoms with Crippen molar-refractivity contribution in [3.8, 4) is 0 Å². The second-order valence-corrected chi connectivity index (χ2v) is 4.20. The van der Waals surface area contributed by atoms with Crippen LogP contribution in [0.5, 0.6) is 0 Å². The Morgan fingerprint density at radius 3 is 2.81 bits per heavy atom. The zero-order valence-electron chi connectivity index (χ0n) is 9.73. The fraction of sp³-hybridized carbons (Fsp3) is 0.545. The highest BCUT2D eigenvalue weighted by Gasteiger charge is 2.17. The number of hydrogen-bond acceptors (Lipinski definition) is 4. The van der Waals surface area contributed by atoms with E-state index < -0.39 is 0 Å². The Labute approximate surface area is 100 Å². The van der Waals surface area contributed by atoms with Crippen molar-refractivity contribution in [2.75, 3.05) is 32.0 Å². The number of rotatable bonds is 6. The molecule has 0 aliphatic heterocycles. The standard InChI is InChI=1S/C11H18N2O2S/c1-3-13(6-7-15-4-2)11(14)10-9(12)5-8-16-10/h5,8H,3-4,6-7,12H2,1-2H3. The molecular formula is C11H18N2O2S. The van der Waals surface area contributed by atoms with Gasteiger partial charge in [-0.05, 0) is 25.3 Å². The largest absolute Gasteiger partial charge is 0.397 e. The summed E-state index contributed by atoms with van der Waals surface area (Å²) in [7, 11) is 0. The summed E-state index contributed by atoms with van der Waals surface area (Å²) in [6.45, 7) is 6.42. The summed E-state index contributed by atoms with van der Waals surface area (Å²) in [4.78, 5) is 14.4. The van der Waals surface area contributed by atoms with Crippen molar-refractivity contribution in [2.45, 2.75) is 13.8 Å². The number of likely N-dealkylation sites (N-methyl/N-ethyl adjacent to an activating group) is 1. The SMILES string of the molecule is CCOCCN(CC)C(=O)c1sccc1N. The van der Waals surface area contributed by atoms with E-state index in [1.165, 1.54) is 11.3 Å². The van der Waals surface area contributed by atoms with Gasteiger partial charge in [-0.25, -0.2) is 0 Å². The Hall–Kier alpha value is -1.07. The number of ether oxygens (including phenoxy) is 1. The molecule has 0 aliphatic rings. The molecule has 0 saturated carbocycles. The highest BCUT2D eigenvalue weighted by atomic mass is 32.1. The highest BCUT2D eigenvalue weighted by molar-refractivity contribution is 7.12. The topological polar surface area (TPSA) is 55.6 Å². The first kappa shape index (κ1) is 13.0. The van der Waals surface area contributed by atoms with Crippen LogP contribution in [0.25, 0.3) is 0 Å². The van der Waals surface area contributed by atoms with E-state index >= 15 is 0 Å². The van der Waals surface area contributed by atoms with Crippen molar-refractivity contribution in [3.63, 3.8) is 0 Å². The molecule has 4 nitrogen and oxygen atoms in total. The van der Waals surface area contributed by atoms with Gasteiger partial charge in [0.1, 0.15) is 4.88 Å². The average molecular weight is 242 g/mol. The van der Waals surface area contributed by atoms with Gasteiger partial charge in [-0.15, -0.1) is 11.3 Å². The number of anilines is 1. The average Bonchev–Trinajstić information content (AvgIpc) is 2.70. The van der Waals surface area contributed by atoms with Crippen molar-refractivity contribution in [3.05, 3.63) is 16.3 Å². The number of nitrogens with zero attached hydrogens (tertiary/aromatic N) is 1. The third kappa shape index (κ3) is 3.21. The van der Waals surface area contributed by atoms with Crippen LogP contribution in [0.1, 0.15) is 23.5 Å². The third-order valence-corrected chi connectivity index (χ3v) is 3.19. The Morgan fingerprint density at radius 1 is 1.56 bits per heavy atom. The molecule has 5 heteroatoms. The number of carbonyl (C=O) groups excluding carboxylic acids is 1. The minimum Gasteiger partial charge on any atom is -0.397 e. The van der Waals surface area contributed by atoms with Crippen LogP contribution in [0.2, 0.25) is 0 Å². The van der Waals surface area contributed by atoms with E-state index in [-0.39, 0.29) is 5.91 Å². The Balaban J connectivity index is 2.59. The molecular weight excluding hydrogens is 224 g/mol. The lowest BCUT2D eigenvalue weighted by atomic mass is 10.3. The lowest BCUT2D eigenvalue weighted by Crippen LogP contribution is -2.33. The zero-order chi connectivity index (χ0) is 12.0. The quantitative estimate of drug-likeness (QED) is 0.774. The molecule has 0 radical (unpaired) electrons. The predicted molar refractivity (Wildman–Crippen MR) is 66.8 cm³/mol. The van der Waals surface area contributed by atoms with Crippen molar-refractivity contribution >= 4 is 22.9 Å². The molecule has 1 rings (SSSR count). The second-order valence-electron chi connectivity index (χ2n) is 3.29. The van der Waals surface area contributed by atoms with E-state index in [1.54, 1.807) is 11.0 Å². The van der Waals surface area contributed by atoms with E-state index in [4.69, 9.17) is 10.5 Å². The lowest BCUT2D eigenvalue weighted by molar-refractivity contribution is 0.0674. The second kappa shape index (κ2) is 6.50. The van der Waals surface area contributed by atoms with E-state index in [0.717, 1.165) is 0 Å². The summed E-state index contributed by atoms with van der Waals surface area (Å²) in [6, 6.07) is 1.76. The molecule has 0 atom stereocenters. The maximum atomic E-state index is 12.1. The van der Waals surface area contributed by atoms with Crippen molar-refractivity contribution < 1.29 is 9.53 Å². The first-order chi connectivity index (χ1) is 7.70. The number of hydrogen-bond donors (Lipinski definition) is 1. The molecule has 0 saturated heterocycles. The van der Waals surface area contributed by atoms with Gasteiger partial charge < -0.3 is 15.4 Å². The number of nitrogens with two attached hydrogens (primary N) is 1. The lowest BCUT2D eigenvalue weighted by Gasteiger charge is -2.20. The predicted octanol–water partition coefficient (Wildman–Crippen LogP) is 1.83. The molecule has 1 amide bonds. The van der Waals surface area contributed by atoms with Gasteiger partial charge in [-0.2, -0.15) is 0 Å². The van der Waals surface area contributed by atoms with Gasteiger partial charge in [0.2, 0.25) is 0 Å². The summed E-state index contributed by atoms with van der Waals surface area (Å²) in [6.07, 6.45) is 0. The number of nitrogen functional groups attached to an aromatic ring is 1. The zero-order valence-corrected chi connectivity index (χ0v) is 10.5. The fourth-order valence-electron chi connectivity index (χ4n) is 1.36. The Bertz CT molecular complexity index is 338. The van der Waals surface area contributed by atoms with Gasteiger partial charge in [0, 0.05) is 19.7 Å². The summed E-state index contributed by atoms with van der Waals surface area (Å²) in [5.41, 5.74) is 6.28. The monoisotopic (exact) mass is 242 g/mol. The van der Waals surface area contributed by atoms with Crippen LogP contribution in [0.15, 0.2) is 11.4 Å². The van der Waals surface area contributed by atoms with Crippen LogP contribution < -0.4 is 5.73 Å². The molecule has 1 heterocycles. The molecule has 0 unspecified atom stereocenters. The molecule has 0 bridgehead atoms. The molecule has 16 heavy (non-hydrogen) atoms. The molecule has 0 spiro atoms. The van der Waals surface area contributed by atoms with E-state index in [2.05, 4.69) is 0 Å². The van der Waals surface area contributed by atoms with Gasteiger partial charge in [0.25, 0.3) is 5.91 Å². The third-order valence-electron chi connectivity index (χ3n) is 2.27. The van der Waals surface area contributed by atoms with Gasteiger partial charge in [-0.1, -0.05) is 0 Å². The first-order valence-corrected chi connectivity index (χ1v) is 6.28. The molecule has 90 valence electrons. The minimum absolute atomic E-state index is 0.00490. The van der Waals surface area contributed by atoms with Crippen molar-refractivity contribution in [1.82, 2.24) is 4.90 Å². The first-order valence-electron chi connectivity index (χ1n) is 5.40. The number of amides is 1. The summed E-state index contributed by atoms with van der Waals surface area (Å²) >= 11 is 1.38. The van der Waals surface area contributed by atoms with Crippen LogP contribution in [0.4, 0.5) is 5.69 Å². The summed E-state index contributed by atoms with van der Waals surface area (Å²) in [5, 5.41) is 1.83. The molecule has 1 aromatic heterocycles. The fourth-order valence-corrected chi connectivity index (χ4v) is 2.14. The highest BCUT2D eigenvalue weighted by Crippen LogP contribution is 2.20. The maximum absolute atomic E-state index is 12.1. The minimum atomic E-state index is -0.00490. The van der Waals surface area contributed by atoms with E-state index in [0.29, 0.717) is 36.9 Å². The molecule has 1 aromatic rings. The van der Waals surface area contributed by atoms with E-state index in [9.17, 15) is 4.79 Å². The van der Waals surface area contributed by atoms with Crippen LogP contribution >= 0.6 is 11.3 Å².